The van der Waals surface area contributed by atoms with E-state index in [1.165, 1.54) is 12.3 Å². The molecule has 168 valence electrons. The Hall–Kier alpha value is -1.80. The van der Waals surface area contributed by atoms with Crippen molar-refractivity contribution < 1.29 is 14.6 Å². The van der Waals surface area contributed by atoms with Gasteiger partial charge in [-0.15, -0.1) is 0 Å². The lowest BCUT2D eigenvalue weighted by Gasteiger charge is -2.34. The molecule has 6 nitrogen and oxygen atoms in total. The van der Waals surface area contributed by atoms with E-state index in [2.05, 4.69) is 20.2 Å². The van der Waals surface area contributed by atoms with E-state index < -0.39 is 17.5 Å². The Kier molecular flexibility index (Phi) is 6.77. The molecule has 2 aromatic rings. The lowest BCUT2D eigenvalue weighted by atomic mass is 9.89. The van der Waals surface area contributed by atoms with Gasteiger partial charge in [0.05, 0.1) is 11.7 Å². The predicted octanol–water partition coefficient (Wildman–Crippen LogP) is 3.86. The van der Waals surface area contributed by atoms with Crippen LogP contribution < -0.4 is 5.32 Å². The highest BCUT2D eigenvalue weighted by atomic mass is 35.5. The van der Waals surface area contributed by atoms with Crippen LogP contribution in [0.15, 0.2) is 24.5 Å². The number of likely N-dealkylation sites (tertiary alicyclic amines) is 1. The lowest BCUT2D eigenvalue weighted by molar-refractivity contribution is 0.0375. The predicted molar refractivity (Wildman–Crippen MR) is 119 cm³/mol. The van der Waals surface area contributed by atoms with Gasteiger partial charge in [-0.3, -0.25) is 9.88 Å². The smallest absolute Gasteiger partial charge is 0.149 e. The number of rotatable bonds is 8. The molecule has 31 heavy (non-hydrogen) atoms. The first-order valence-electron chi connectivity index (χ1n) is 11.0. The van der Waals surface area contributed by atoms with Crippen molar-refractivity contribution in [1.82, 2.24) is 14.9 Å². The van der Waals surface area contributed by atoms with Gasteiger partial charge in [0, 0.05) is 36.7 Å². The number of nitrogens with zero attached hydrogens (tertiary/aromatic N) is 3. The summed E-state index contributed by atoms with van der Waals surface area (Å²) in [5.41, 5.74) is 1.82. The molecule has 0 spiro atoms. The Labute approximate surface area is 187 Å². The molecule has 3 N–H and O–H groups in total. The Morgan fingerprint density at radius 3 is 2.65 bits per heavy atom. The van der Waals surface area contributed by atoms with E-state index >= 15 is 4.39 Å². The van der Waals surface area contributed by atoms with Crippen LogP contribution in [0.3, 0.4) is 0 Å². The molecule has 1 aliphatic carbocycles. The molecule has 1 saturated heterocycles. The van der Waals surface area contributed by atoms with Crippen molar-refractivity contribution in [1.29, 1.82) is 0 Å². The van der Waals surface area contributed by atoms with Gasteiger partial charge in [-0.05, 0) is 75.7 Å². The average Bonchev–Trinajstić information content (AvgIpc) is 3.48. The number of aromatic nitrogens is 2. The minimum Gasteiger partial charge on any atom is -0.393 e. The number of halogens is 2. The number of anilines is 1. The second-order valence-electron chi connectivity index (χ2n) is 8.95. The van der Waals surface area contributed by atoms with E-state index in [1.54, 1.807) is 19.2 Å². The van der Waals surface area contributed by atoms with Crippen LogP contribution in [0.25, 0.3) is 11.3 Å². The van der Waals surface area contributed by atoms with E-state index in [4.69, 9.17) is 11.6 Å². The van der Waals surface area contributed by atoms with Crippen LogP contribution >= 0.6 is 11.6 Å². The maximum atomic E-state index is 15.0. The molecule has 2 aliphatic rings. The summed E-state index contributed by atoms with van der Waals surface area (Å²) in [6.07, 6.45) is 7.21. The molecule has 1 atom stereocenters. The van der Waals surface area contributed by atoms with Crippen molar-refractivity contribution in [3.63, 3.8) is 0 Å². The highest BCUT2D eigenvalue weighted by Gasteiger charge is 2.47. The van der Waals surface area contributed by atoms with Crippen LogP contribution in [0.1, 0.15) is 44.6 Å². The van der Waals surface area contributed by atoms with Gasteiger partial charge in [-0.2, -0.15) is 0 Å². The standard InChI is InChI=1S/C23H30ClFN4O2/c1-15(30)2-7-26-20-11-21(24)27-13-18(20)22-19(25)10-16(12-28-22)14-29-8-3-17(4-9-29)23(31)5-6-23/h10-13,15,17,30-31H,2-9,14H2,1H3,(H,26,27)/t15-/m1/s1. The SMILES string of the molecule is C[C@@H](O)CCNc1cc(Cl)ncc1-c1ncc(CN2CCC(C3(O)CC3)CC2)cc1F. The fourth-order valence-electron chi connectivity index (χ4n) is 4.37. The van der Waals surface area contributed by atoms with Gasteiger partial charge in [0.25, 0.3) is 0 Å². The summed E-state index contributed by atoms with van der Waals surface area (Å²) in [6.45, 7) is 4.71. The summed E-state index contributed by atoms with van der Waals surface area (Å²) in [7, 11) is 0. The molecule has 8 heteroatoms. The molecule has 0 amide bonds. The zero-order chi connectivity index (χ0) is 22.0. The number of hydrogen-bond donors (Lipinski definition) is 3. The van der Waals surface area contributed by atoms with Gasteiger partial charge in [0.1, 0.15) is 16.7 Å². The Balaban J connectivity index is 1.43. The molecule has 2 aromatic heterocycles. The third-order valence-electron chi connectivity index (χ3n) is 6.42. The number of pyridine rings is 2. The summed E-state index contributed by atoms with van der Waals surface area (Å²) in [4.78, 5) is 10.8. The van der Waals surface area contributed by atoms with E-state index in [1.807, 2.05) is 0 Å². The number of aliphatic hydroxyl groups is 2. The minimum atomic E-state index is -0.431. The normalized spacial score (nSPS) is 19.9. The van der Waals surface area contributed by atoms with E-state index in [0.717, 1.165) is 44.3 Å². The Morgan fingerprint density at radius 2 is 2.00 bits per heavy atom. The lowest BCUT2D eigenvalue weighted by Crippen LogP contribution is -2.38. The second kappa shape index (κ2) is 9.36. The maximum absolute atomic E-state index is 15.0. The monoisotopic (exact) mass is 448 g/mol. The van der Waals surface area contributed by atoms with Gasteiger partial charge in [0.2, 0.25) is 0 Å². The molecule has 0 aromatic carbocycles. The Morgan fingerprint density at radius 1 is 1.26 bits per heavy atom. The van der Waals surface area contributed by atoms with Crippen LogP contribution in [0.2, 0.25) is 5.15 Å². The minimum absolute atomic E-state index is 0.224. The molecule has 0 radical (unpaired) electrons. The van der Waals surface area contributed by atoms with Crippen molar-refractivity contribution in [2.75, 3.05) is 25.0 Å². The van der Waals surface area contributed by atoms with E-state index in [9.17, 15) is 10.2 Å². The summed E-state index contributed by atoms with van der Waals surface area (Å²) in [5, 5.41) is 23.3. The van der Waals surface area contributed by atoms with Crippen molar-refractivity contribution in [2.45, 2.75) is 57.3 Å². The highest BCUT2D eigenvalue weighted by molar-refractivity contribution is 6.29. The summed E-state index contributed by atoms with van der Waals surface area (Å²) >= 11 is 6.03. The van der Waals surface area contributed by atoms with Crippen molar-refractivity contribution in [3.05, 3.63) is 41.1 Å². The van der Waals surface area contributed by atoms with Crippen LogP contribution in [0.4, 0.5) is 10.1 Å². The van der Waals surface area contributed by atoms with Crippen molar-refractivity contribution in [3.8, 4) is 11.3 Å². The van der Waals surface area contributed by atoms with E-state index in [-0.39, 0.29) is 5.69 Å². The number of nitrogens with one attached hydrogen (secondary N) is 1. The number of aliphatic hydroxyl groups excluding tert-OH is 1. The van der Waals surface area contributed by atoms with Gasteiger partial charge in [0.15, 0.2) is 0 Å². The second-order valence-corrected chi connectivity index (χ2v) is 9.33. The van der Waals surface area contributed by atoms with Crippen molar-refractivity contribution >= 4 is 17.3 Å². The molecule has 1 saturated carbocycles. The first kappa shape index (κ1) is 22.4. The van der Waals surface area contributed by atoms with Gasteiger partial charge in [-0.25, -0.2) is 9.37 Å². The van der Waals surface area contributed by atoms with E-state index in [0.29, 0.717) is 41.8 Å². The fraction of sp³-hybridized carbons (Fsp3) is 0.565. The molecule has 3 heterocycles. The summed E-state index contributed by atoms with van der Waals surface area (Å²) < 4.78 is 15.0. The van der Waals surface area contributed by atoms with Crippen LogP contribution in [0, 0.1) is 11.7 Å². The molecule has 2 fully saturated rings. The number of hydrogen-bond acceptors (Lipinski definition) is 6. The zero-order valence-electron chi connectivity index (χ0n) is 17.8. The third kappa shape index (κ3) is 5.52. The maximum Gasteiger partial charge on any atom is 0.149 e. The molecular formula is C23H30ClFN4O2. The first-order valence-corrected chi connectivity index (χ1v) is 11.4. The van der Waals surface area contributed by atoms with Gasteiger partial charge >= 0.3 is 0 Å². The van der Waals surface area contributed by atoms with Crippen LogP contribution in [0.5, 0.6) is 0 Å². The van der Waals surface area contributed by atoms with Crippen molar-refractivity contribution in [2.24, 2.45) is 5.92 Å². The number of piperidine rings is 1. The highest BCUT2D eigenvalue weighted by Crippen LogP contribution is 2.46. The topological polar surface area (TPSA) is 81.5 Å². The largest absolute Gasteiger partial charge is 0.393 e. The Bertz CT molecular complexity index is 914. The van der Waals surface area contributed by atoms with Crippen LogP contribution in [-0.4, -0.2) is 56.4 Å². The third-order valence-corrected chi connectivity index (χ3v) is 6.62. The molecule has 4 rings (SSSR count). The molecule has 0 bridgehead atoms. The average molecular weight is 449 g/mol. The summed E-state index contributed by atoms with van der Waals surface area (Å²) in [5.74, 6) is 0.000472. The summed E-state index contributed by atoms with van der Waals surface area (Å²) in [6, 6.07) is 3.18. The zero-order valence-corrected chi connectivity index (χ0v) is 18.6. The fourth-order valence-corrected chi connectivity index (χ4v) is 4.52. The molecule has 0 unspecified atom stereocenters. The molecular weight excluding hydrogens is 419 g/mol. The molecule has 1 aliphatic heterocycles. The van der Waals surface area contributed by atoms with Crippen LogP contribution in [-0.2, 0) is 6.54 Å². The quantitative estimate of drug-likeness (QED) is 0.532. The van der Waals surface area contributed by atoms with Gasteiger partial charge < -0.3 is 15.5 Å². The first-order chi connectivity index (χ1) is 14.8. The van der Waals surface area contributed by atoms with Gasteiger partial charge in [-0.1, -0.05) is 11.6 Å².